The van der Waals surface area contributed by atoms with E-state index in [1.807, 2.05) is 37.5 Å². The Labute approximate surface area is 96.8 Å². The van der Waals surface area contributed by atoms with Crippen LogP contribution in [0.25, 0.3) is 0 Å². The van der Waals surface area contributed by atoms with Crippen LogP contribution in [0, 0.1) is 0 Å². The Morgan fingerprint density at radius 3 is 1.12 bits per heavy atom. The lowest BCUT2D eigenvalue weighted by molar-refractivity contribution is 0.291. The standard InChI is InChI=1S/C10H22N4O2/c1-5-13(6-2)9(11-15)10(12-16)14(7-3)8-4/h15-16H,5-8H2,1-4H3/b11-9-,12-10-. The van der Waals surface area contributed by atoms with Crippen LogP contribution in [0.15, 0.2) is 10.3 Å². The molecule has 0 aromatic heterocycles. The highest BCUT2D eigenvalue weighted by Gasteiger charge is 2.20. The number of nitrogens with zero attached hydrogens (tertiary/aromatic N) is 4. The van der Waals surface area contributed by atoms with Gasteiger partial charge in [-0.25, -0.2) is 0 Å². The minimum absolute atomic E-state index is 0.302. The van der Waals surface area contributed by atoms with Gasteiger partial charge in [-0.15, -0.1) is 0 Å². The van der Waals surface area contributed by atoms with E-state index >= 15 is 0 Å². The fourth-order valence-electron chi connectivity index (χ4n) is 1.55. The summed E-state index contributed by atoms with van der Waals surface area (Å²) in [4.78, 5) is 3.65. The SMILES string of the molecule is CCN(CC)C(=N\O)/C(=N/O)N(CC)CC. The van der Waals surface area contributed by atoms with E-state index in [9.17, 15) is 0 Å². The maximum Gasteiger partial charge on any atom is 0.214 e. The number of rotatable bonds is 4. The minimum Gasteiger partial charge on any atom is -0.409 e. The molecule has 0 fully saturated rings. The quantitative estimate of drug-likeness (QED) is 0.330. The van der Waals surface area contributed by atoms with Gasteiger partial charge in [-0.1, -0.05) is 10.3 Å². The molecule has 0 aliphatic heterocycles. The summed E-state index contributed by atoms with van der Waals surface area (Å²) in [6.45, 7) is 10.6. The van der Waals surface area contributed by atoms with Crippen LogP contribution in [0.1, 0.15) is 27.7 Å². The first-order chi connectivity index (χ1) is 7.69. The van der Waals surface area contributed by atoms with Crippen molar-refractivity contribution in [1.29, 1.82) is 0 Å². The van der Waals surface area contributed by atoms with Crippen molar-refractivity contribution in [3.8, 4) is 0 Å². The van der Waals surface area contributed by atoms with Crippen LogP contribution in [-0.4, -0.2) is 58.1 Å². The third kappa shape index (κ3) is 3.29. The van der Waals surface area contributed by atoms with Gasteiger partial charge in [0, 0.05) is 26.2 Å². The molecule has 0 aromatic rings. The molecular formula is C10H22N4O2. The first kappa shape index (κ1) is 14.5. The summed E-state index contributed by atoms with van der Waals surface area (Å²) >= 11 is 0. The van der Waals surface area contributed by atoms with E-state index in [-0.39, 0.29) is 0 Å². The lowest BCUT2D eigenvalue weighted by Crippen LogP contribution is -2.45. The average molecular weight is 230 g/mol. The molecule has 6 nitrogen and oxygen atoms in total. The molecule has 0 amide bonds. The Bertz CT molecular complexity index is 219. The third-order valence-corrected chi connectivity index (χ3v) is 2.52. The lowest BCUT2D eigenvalue weighted by Gasteiger charge is -2.27. The van der Waals surface area contributed by atoms with Crippen LogP contribution < -0.4 is 0 Å². The summed E-state index contributed by atoms with van der Waals surface area (Å²) in [6.07, 6.45) is 0. The molecule has 0 atom stereocenters. The maximum atomic E-state index is 9.03. The summed E-state index contributed by atoms with van der Waals surface area (Å²) in [5.74, 6) is 0.604. The first-order valence-electron chi connectivity index (χ1n) is 5.64. The smallest absolute Gasteiger partial charge is 0.214 e. The maximum absolute atomic E-state index is 9.03. The van der Waals surface area contributed by atoms with Crippen molar-refractivity contribution in [2.24, 2.45) is 10.3 Å². The summed E-state index contributed by atoms with van der Waals surface area (Å²) in [5.41, 5.74) is 0. The summed E-state index contributed by atoms with van der Waals surface area (Å²) in [7, 11) is 0. The Kier molecular flexibility index (Phi) is 7.07. The molecule has 0 aliphatic rings. The normalized spacial score (nSPS) is 12.8. The van der Waals surface area contributed by atoms with Crippen LogP contribution >= 0.6 is 0 Å². The van der Waals surface area contributed by atoms with Crippen LogP contribution in [0.4, 0.5) is 0 Å². The van der Waals surface area contributed by atoms with E-state index in [0.717, 1.165) is 0 Å². The van der Waals surface area contributed by atoms with Crippen molar-refractivity contribution in [2.45, 2.75) is 27.7 Å². The molecule has 0 saturated heterocycles. The molecule has 0 heterocycles. The summed E-state index contributed by atoms with van der Waals surface area (Å²) < 4.78 is 0. The zero-order valence-corrected chi connectivity index (χ0v) is 10.5. The monoisotopic (exact) mass is 230 g/mol. The predicted octanol–water partition coefficient (Wildman–Crippen LogP) is 1.25. The summed E-state index contributed by atoms with van der Waals surface area (Å²) in [6, 6.07) is 0. The van der Waals surface area contributed by atoms with Crippen LogP contribution in [0.5, 0.6) is 0 Å². The Morgan fingerprint density at radius 2 is 1.00 bits per heavy atom. The fraction of sp³-hybridized carbons (Fsp3) is 0.800. The second-order valence-electron chi connectivity index (χ2n) is 3.19. The van der Waals surface area contributed by atoms with Gasteiger partial charge < -0.3 is 20.2 Å². The zero-order chi connectivity index (χ0) is 12.6. The van der Waals surface area contributed by atoms with Gasteiger partial charge in [0.15, 0.2) is 0 Å². The molecule has 2 N–H and O–H groups in total. The molecular weight excluding hydrogens is 208 g/mol. The van der Waals surface area contributed by atoms with E-state index in [1.165, 1.54) is 0 Å². The molecule has 0 rings (SSSR count). The summed E-state index contributed by atoms with van der Waals surface area (Å²) in [5, 5.41) is 24.5. The molecule has 94 valence electrons. The van der Waals surface area contributed by atoms with Crippen molar-refractivity contribution >= 4 is 11.7 Å². The molecule has 0 spiro atoms. The molecule has 0 radical (unpaired) electrons. The van der Waals surface area contributed by atoms with E-state index in [4.69, 9.17) is 10.4 Å². The van der Waals surface area contributed by atoms with E-state index in [2.05, 4.69) is 10.3 Å². The number of oxime groups is 2. The van der Waals surface area contributed by atoms with Gasteiger partial charge in [-0.3, -0.25) is 0 Å². The van der Waals surface area contributed by atoms with Gasteiger partial charge in [-0.05, 0) is 27.7 Å². The van der Waals surface area contributed by atoms with Crippen molar-refractivity contribution in [3.63, 3.8) is 0 Å². The van der Waals surface area contributed by atoms with Gasteiger partial charge in [0.05, 0.1) is 0 Å². The topological polar surface area (TPSA) is 71.7 Å². The Balaban J connectivity index is 5.05. The van der Waals surface area contributed by atoms with Gasteiger partial charge in [-0.2, -0.15) is 0 Å². The Morgan fingerprint density at radius 1 is 0.750 bits per heavy atom. The Hall–Kier alpha value is -1.46. The number of hydrogen-bond donors (Lipinski definition) is 2. The number of likely N-dealkylation sites (N-methyl/N-ethyl adjacent to an activating group) is 2. The van der Waals surface area contributed by atoms with E-state index < -0.39 is 0 Å². The van der Waals surface area contributed by atoms with Crippen molar-refractivity contribution in [2.75, 3.05) is 26.2 Å². The molecule has 0 bridgehead atoms. The largest absolute Gasteiger partial charge is 0.409 e. The van der Waals surface area contributed by atoms with E-state index in [0.29, 0.717) is 37.9 Å². The molecule has 6 heteroatoms. The third-order valence-electron chi connectivity index (χ3n) is 2.52. The van der Waals surface area contributed by atoms with Gasteiger partial charge in [0.2, 0.25) is 11.7 Å². The predicted molar refractivity (Wildman–Crippen MR) is 64.3 cm³/mol. The molecule has 0 saturated carbocycles. The minimum atomic E-state index is 0.302. The molecule has 0 aromatic carbocycles. The number of amidine groups is 2. The second-order valence-corrected chi connectivity index (χ2v) is 3.19. The number of hydrogen-bond acceptors (Lipinski definition) is 4. The van der Waals surface area contributed by atoms with Crippen LogP contribution in [0.2, 0.25) is 0 Å². The highest BCUT2D eigenvalue weighted by molar-refractivity contribution is 6.39. The van der Waals surface area contributed by atoms with E-state index in [1.54, 1.807) is 0 Å². The zero-order valence-electron chi connectivity index (χ0n) is 10.5. The molecule has 0 unspecified atom stereocenters. The first-order valence-corrected chi connectivity index (χ1v) is 5.64. The highest BCUT2D eigenvalue weighted by atomic mass is 16.4. The van der Waals surface area contributed by atoms with Crippen LogP contribution in [0.3, 0.4) is 0 Å². The second kappa shape index (κ2) is 7.78. The molecule has 16 heavy (non-hydrogen) atoms. The molecule has 0 aliphatic carbocycles. The lowest BCUT2D eigenvalue weighted by atomic mass is 10.3. The van der Waals surface area contributed by atoms with Gasteiger partial charge in [0.1, 0.15) is 0 Å². The van der Waals surface area contributed by atoms with Crippen molar-refractivity contribution in [3.05, 3.63) is 0 Å². The van der Waals surface area contributed by atoms with Gasteiger partial charge >= 0.3 is 0 Å². The van der Waals surface area contributed by atoms with Crippen LogP contribution in [-0.2, 0) is 0 Å². The van der Waals surface area contributed by atoms with Gasteiger partial charge in [0.25, 0.3) is 0 Å². The fourth-order valence-corrected chi connectivity index (χ4v) is 1.55. The van der Waals surface area contributed by atoms with Crippen molar-refractivity contribution in [1.82, 2.24) is 9.80 Å². The average Bonchev–Trinajstić information content (AvgIpc) is 2.33. The van der Waals surface area contributed by atoms with Crippen molar-refractivity contribution < 1.29 is 10.4 Å². The highest BCUT2D eigenvalue weighted by Crippen LogP contribution is 2.00.